The molecular formula is C22H22FN9O. The van der Waals surface area contributed by atoms with Gasteiger partial charge in [-0.15, -0.1) is 15.3 Å². The minimum Gasteiger partial charge on any atom is -0.507 e. The number of hydrogen-bond acceptors (Lipinski definition) is 9. The molecule has 2 aliphatic heterocycles. The number of nitrogens with one attached hydrogen (secondary N) is 1. The van der Waals surface area contributed by atoms with Crippen LogP contribution < -0.4 is 10.2 Å². The van der Waals surface area contributed by atoms with Gasteiger partial charge in [0, 0.05) is 24.2 Å². The number of phenols is 1. The fourth-order valence-electron chi connectivity index (χ4n) is 5.03. The van der Waals surface area contributed by atoms with Gasteiger partial charge < -0.3 is 15.3 Å². The Kier molecular flexibility index (Phi) is 4.69. The van der Waals surface area contributed by atoms with E-state index >= 15 is 4.39 Å². The molecule has 2 aromatic heterocycles. The zero-order chi connectivity index (χ0) is 22.5. The number of phenolic OH excluding ortho intramolecular Hbond substituents is 1. The summed E-state index contributed by atoms with van der Waals surface area (Å²) < 4.78 is 16.6. The molecular weight excluding hydrogens is 425 g/mol. The molecule has 11 heteroatoms. The Balaban J connectivity index is 1.26. The minimum atomic E-state index is -0.944. The number of nitrogens with zero attached hydrogens (tertiary/aromatic N) is 8. The first-order valence-electron chi connectivity index (χ1n) is 11.1. The minimum absolute atomic E-state index is 0.0474. The molecule has 1 aliphatic carbocycles. The van der Waals surface area contributed by atoms with Crippen LogP contribution in [0.3, 0.4) is 0 Å². The molecule has 0 amide bonds. The zero-order valence-electron chi connectivity index (χ0n) is 17.7. The number of hydrogen-bond donors (Lipinski definition) is 2. The van der Waals surface area contributed by atoms with Crippen molar-refractivity contribution in [3.05, 3.63) is 36.3 Å². The summed E-state index contributed by atoms with van der Waals surface area (Å²) in [6.45, 7) is 0. The van der Waals surface area contributed by atoms with Gasteiger partial charge in [0.05, 0.1) is 29.7 Å². The van der Waals surface area contributed by atoms with Crippen molar-refractivity contribution in [2.24, 2.45) is 0 Å². The van der Waals surface area contributed by atoms with Crippen molar-refractivity contribution in [1.82, 2.24) is 35.5 Å². The maximum Gasteiger partial charge on any atom is 0.185 e. The Bertz CT molecular complexity index is 1220. The number of anilines is 1. The van der Waals surface area contributed by atoms with E-state index in [0.717, 1.165) is 32.1 Å². The molecule has 4 atom stereocenters. The van der Waals surface area contributed by atoms with Crippen molar-refractivity contribution in [2.75, 3.05) is 4.90 Å². The Morgan fingerprint density at radius 2 is 2.06 bits per heavy atom. The third-order valence-corrected chi connectivity index (χ3v) is 6.76. The molecule has 0 unspecified atom stereocenters. The van der Waals surface area contributed by atoms with E-state index in [-0.39, 0.29) is 35.4 Å². The molecule has 168 valence electrons. The molecule has 4 heterocycles. The number of alkyl halides is 1. The summed E-state index contributed by atoms with van der Waals surface area (Å²) in [4.78, 5) is 6.53. The first-order chi connectivity index (χ1) is 16.1. The van der Waals surface area contributed by atoms with Crippen LogP contribution in [0, 0.1) is 11.3 Å². The van der Waals surface area contributed by atoms with Crippen LogP contribution in [-0.4, -0.2) is 65.6 Å². The van der Waals surface area contributed by atoms with Crippen LogP contribution in [0.1, 0.15) is 37.8 Å². The standard InChI is InChI=1S/C22H22FN9O/c23-21-17-6-1-12(26-17)7-18(21)32(14-2-3-14)20-10-25-22(29-28-20)16-5-4-15(8-19(16)33)31-11-13(9-24)27-30-31/h4-5,8,10-12,14,17-18,21,26,33H,1-3,6-7H2/t12-,17+,18+,21-/m1/s1. The van der Waals surface area contributed by atoms with E-state index in [9.17, 15) is 5.11 Å². The fraction of sp³-hybridized carbons (Fsp3) is 0.455. The number of halogens is 1. The normalized spacial score (nSPS) is 26.2. The zero-order valence-corrected chi connectivity index (χ0v) is 17.7. The number of piperidine rings is 1. The fourth-order valence-corrected chi connectivity index (χ4v) is 5.03. The number of aromatic nitrogens is 6. The predicted octanol–water partition coefficient (Wildman–Crippen LogP) is 1.90. The molecule has 3 aliphatic rings. The van der Waals surface area contributed by atoms with Crippen LogP contribution >= 0.6 is 0 Å². The second-order valence-corrected chi connectivity index (χ2v) is 8.93. The van der Waals surface area contributed by atoms with E-state index in [0.29, 0.717) is 23.1 Å². The van der Waals surface area contributed by atoms with Crippen LogP contribution in [0.4, 0.5) is 10.2 Å². The lowest BCUT2D eigenvalue weighted by Crippen LogP contribution is -2.57. The lowest BCUT2D eigenvalue weighted by atomic mass is 9.96. The maximum atomic E-state index is 15.2. The van der Waals surface area contributed by atoms with Gasteiger partial charge in [0.25, 0.3) is 0 Å². The van der Waals surface area contributed by atoms with Gasteiger partial charge in [-0.2, -0.15) is 5.26 Å². The van der Waals surface area contributed by atoms with E-state index in [2.05, 4.69) is 35.7 Å². The largest absolute Gasteiger partial charge is 0.507 e. The quantitative estimate of drug-likeness (QED) is 0.602. The molecule has 1 aromatic carbocycles. The summed E-state index contributed by atoms with van der Waals surface area (Å²) in [7, 11) is 0. The van der Waals surface area contributed by atoms with Crippen LogP contribution in [-0.2, 0) is 0 Å². The Morgan fingerprint density at radius 3 is 2.76 bits per heavy atom. The van der Waals surface area contributed by atoms with Gasteiger partial charge in [0.1, 0.15) is 18.0 Å². The van der Waals surface area contributed by atoms with E-state index in [1.807, 2.05) is 6.07 Å². The van der Waals surface area contributed by atoms with E-state index < -0.39 is 6.17 Å². The smallest absolute Gasteiger partial charge is 0.185 e. The number of rotatable bonds is 5. The van der Waals surface area contributed by atoms with Gasteiger partial charge in [0.2, 0.25) is 0 Å². The van der Waals surface area contributed by atoms with E-state index in [1.54, 1.807) is 18.3 Å². The van der Waals surface area contributed by atoms with Gasteiger partial charge in [0.15, 0.2) is 17.3 Å². The van der Waals surface area contributed by atoms with E-state index in [1.165, 1.54) is 16.9 Å². The highest BCUT2D eigenvalue weighted by molar-refractivity contribution is 5.66. The molecule has 2 bridgehead atoms. The lowest BCUT2D eigenvalue weighted by Gasteiger charge is -2.40. The van der Waals surface area contributed by atoms with Crippen LogP contribution in [0.2, 0.25) is 0 Å². The summed E-state index contributed by atoms with van der Waals surface area (Å²) in [5.41, 5.74) is 1.14. The van der Waals surface area contributed by atoms with E-state index in [4.69, 9.17) is 5.26 Å². The van der Waals surface area contributed by atoms with Crippen molar-refractivity contribution in [3.63, 3.8) is 0 Å². The lowest BCUT2D eigenvalue weighted by molar-refractivity contribution is 0.171. The maximum absolute atomic E-state index is 15.2. The van der Waals surface area contributed by atoms with Crippen molar-refractivity contribution < 1.29 is 9.50 Å². The van der Waals surface area contributed by atoms with Crippen molar-refractivity contribution in [3.8, 4) is 28.9 Å². The monoisotopic (exact) mass is 447 g/mol. The predicted molar refractivity (Wildman–Crippen MR) is 115 cm³/mol. The summed E-state index contributed by atoms with van der Waals surface area (Å²) in [6, 6.07) is 7.13. The second kappa shape index (κ2) is 7.74. The van der Waals surface area contributed by atoms with Crippen molar-refractivity contribution in [1.29, 1.82) is 5.26 Å². The van der Waals surface area contributed by atoms with Crippen LogP contribution in [0.5, 0.6) is 5.75 Å². The highest BCUT2D eigenvalue weighted by atomic mass is 19.1. The first-order valence-corrected chi connectivity index (χ1v) is 11.1. The molecule has 33 heavy (non-hydrogen) atoms. The van der Waals surface area contributed by atoms with Gasteiger partial charge >= 0.3 is 0 Å². The first kappa shape index (κ1) is 20.0. The number of nitriles is 1. The average molecular weight is 447 g/mol. The van der Waals surface area contributed by atoms with Crippen LogP contribution in [0.15, 0.2) is 30.6 Å². The highest BCUT2D eigenvalue weighted by Crippen LogP contribution is 2.40. The summed E-state index contributed by atoms with van der Waals surface area (Å²) in [6.07, 6.45) is 6.85. The number of benzene rings is 1. The van der Waals surface area contributed by atoms with Gasteiger partial charge in [-0.05, 0) is 44.2 Å². The SMILES string of the molecule is N#Cc1cn(-c2ccc(-c3ncc(N(C4CC4)[C@H]4C[C@H]5CC[C@H](N5)[C@H]4F)nn3)c(O)c2)nn1. The number of aromatic hydroxyl groups is 1. The Morgan fingerprint density at radius 1 is 1.18 bits per heavy atom. The molecule has 3 aromatic rings. The topological polar surface area (TPSA) is 129 Å². The van der Waals surface area contributed by atoms with Gasteiger partial charge in [-0.25, -0.2) is 14.1 Å². The highest BCUT2D eigenvalue weighted by Gasteiger charge is 2.48. The Labute approximate surface area is 189 Å². The molecule has 2 N–H and O–H groups in total. The third kappa shape index (κ3) is 3.56. The molecule has 0 radical (unpaired) electrons. The molecule has 2 saturated heterocycles. The second-order valence-electron chi connectivity index (χ2n) is 8.93. The average Bonchev–Trinajstić information content (AvgIpc) is 3.39. The Hall–Kier alpha value is -3.65. The summed E-state index contributed by atoms with van der Waals surface area (Å²) >= 11 is 0. The van der Waals surface area contributed by atoms with Crippen LogP contribution in [0.25, 0.3) is 17.1 Å². The van der Waals surface area contributed by atoms with Gasteiger partial charge in [-0.1, -0.05) is 5.21 Å². The summed E-state index contributed by atoms with van der Waals surface area (Å²) in [5.74, 6) is 0.809. The van der Waals surface area contributed by atoms with Crippen molar-refractivity contribution in [2.45, 2.75) is 62.4 Å². The molecule has 1 saturated carbocycles. The molecule has 3 fully saturated rings. The van der Waals surface area contributed by atoms with Crippen molar-refractivity contribution >= 4 is 5.82 Å². The molecule has 0 spiro atoms. The molecule has 6 rings (SSSR count). The third-order valence-electron chi connectivity index (χ3n) is 6.76. The summed E-state index contributed by atoms with van der Waals surface area (Å²) in [5, 5.41) is 39.1. The van der Waals surface area contributed by atoms with Gasteiger partial charge in [-0.3, -0.25) is 0 Å². The molecule has 10 nitrogen and oxygen atoms in total. The number of fused-ring (bicyclic) bond motifs is 2.